The molecule has 1 aromatic carbocycles. The molecular weight excluding hydrogens is 318 g/mol. The molecule has 5 nitrogen and oxygen atoms in total. The number of aryl methyl sites for hydroxylation is 1. The molecule has 0 saturated carbocycles. The Bertz CT molecular complexity index is 944. The molecule has 1 N–H and O–H groups in total. The summed E-state index contributed by atoms with van der Waals surface area (Å²) in [6.45, 7) is 2.78. The summed E-state index contributed by atoms with van der Waals surface area (Å²) < 4.78 is 1.86. The third kappa shape index (κ3) is 3.00. The van der Waals surface area contributed by atoms with Gasteiger partial charge in [0.05, 0.1) is 22.6 Å². The maximum absolute atomic E-state index is 4.73. The average molecular weight is 335 g/mol. The van der Waals surface area contributed by atoms with Crippen LogP contribution >= 0.6 is 11.3 Å². The normalized spacial score (nSPS) is 11.0. The molecule has 0 atom stereocenters. The van der Waals surface area contributed by atoms with Crippen molar-refractivity contribution in [3.63, 3.8) is 0 Å². The lowest BCUT2D eigenvalue weighted by Gasteiger charge is -2.10. The van der Waals surface area contributed by atoms with Crippen LogP contribution in [0.3, 0.4) is 0 Å². The Kier molecular flexibility index (Phi) is 3.96. The van der Waals surface area contributed by atoms with Gasteiger partial charge in [-0.2, -0.15) is 9.61 Å². The fourth-order valence-corrected chi connectivity index (χ4v) is 3.24. The zero-order valence-electron chi connectivity index (χ0n) is 13.3. The van der Waals surface area contributed by atoms with Crippen LogP contribution in [0, 0.1) is 6.92 Å². The second-order valence-electron chi connectivity index (χ2n) is 5.60. The molecule has 24 heavy (non-hydrogen) atoms. The number of hydrogen-bond acceptors (Lipinski definition) is 5. The van der Waals surface area contributed by atoms with E-state index in [4.69, 9.17) is 4.98 Å². The van der Waals surface area contributed by atoms with Crippen LogP contribution in [0.2, 0.25) is 0 Å². The van der Waals surface area contributed by atoms with Gasteiger partial charge in [-0.25, -0.2) is 9.97 Å². The first-order chi connectivity index (χ1) is 11.8. The molecule has 0 aliphatic heterocycles. The van der Waals surface area contributed by atoms with E-state index in [9.17, 15) is 0 Å². The van der Waals surface area contributed by atoms with Gasteiger partial charge in [-0.05, 0) is 6.92 Å². The summed E-state index contributed by atoms with van der Waals surface area (Å²) in [6.07, 6.45) is 0.883. The summed E-state index contributed by atoms with van der Waals surface area (Å²) in [7, 11) is 0. The fraction of sp³-hybridized carbons (Fsp3) is 0.167. The topological polar surface area (TPSA) is 55.1 Å². The van der Waals surface area contributed by atoms with Crippen LogP contribution < -0.4 is 5.32 Å². The van der Waals surface area contributed by atoms with E-state index < -0.39 is 0 Å². The van der Waals surface area contributed by atoms with E-state index in [-0.39, 0.29) is 0 Å². The van der Waals surface area contributed by atoms with E-state index in [0.29, 0.717) is 0 Å². The number of fused-ring (bicyclic) bond motifs is 1. The first-order valence-electron chi connectivity index (χ1n) is 7.83. The monoisotopic (exact) mass is 335 g/mol. The van der Waals surface area contributed by atoms with E-state index in [1.807, 2.05) is 41.2 Å². The second kappa shape index (κ2) is 6.41. The highest BCUT2D eigenvalue weighted by Gasteiger charge is 2.09. The highest BCUT2D eigenvalue weighted by atomic mass is 32.1. The minimum atomic E-state index is 0.802. The number of nitrogens with zero attached hydrogens (tertiary/aromatic N) is 4. The largest absolute Gasteiger partial charge is 0.369 e. The second-order valence-corrected chi connectivity index (χ2v) is 6.32. The quantitative estimate of drug-likeness (QED) is 0.602. The smallest absolute Gasteiger partial charge is 0.158 e. The zero-order valence-corrected chi connectivity index (χ0v) is 14.1. The molecule has 0 bridgehead atoms. The highest BCUT2D eigenvalue weighted by molar-refractivity contribution is 7.07. The molecule has 0 spiro atoms. The van der Waals surface area contributed by atoms with Gasteiger partial charge in [-0.3, -0.25) is 0 Å². The molecule has 0 unspecified atom stereocenters. The summed E-state index contributed by atoms with van der Waals surface area (Å²) in [5.41, 5.74) is 6.82. The summed E-state index contributed by atoms with van der Waals surface area (Å²) in [4.78, 5) is 9.06. The Balaban J connectivity index is 1.67. The van der Waals surface area contributed by atoms with Crippen LogP contribution in [0.1, 0.15) is 11.4 Å². The molecule has 3 heterocycles. The van der Waals surface area contributed by atoms with Crippen LogP contribution in [0.5, 0.6) is 0 Å². The summed E-state index contributed by atoms with van der Waals surface area (Å²) >= 11 is 1.63. The van der Waals surface area contributed by atoms with Gasteiger partial charge < -0.3 is 5.32 Å². The average Bonchev–Trinajstić information content (AvgIpc) is 3.24. The van der Waals surface area contributed by atoms with Crippen molar-refractivity contribution in [3.05, 3.63) is 64.7 Å². The van der Waals surface area contributed by atoms with E-state index in [1.165, 1.54) is 0 Å². The summed E-state index contributed by atoms with van der Waals surface area (Å²) in [5, 5.41) is 10.1. The Morgan fingerprint density at radius 2 is 2.04 bits per heavy atom. The maximum atomic E-state index is 4.73. The minimum absolute atomic E-state index is 0.802. The van der Waals surface area contributed by atoms with Crippen LogP contribution in [0.4, 0.5) is 5.82 Å². The number of nitrogens with one attached hydrogen (secondary N) is 1. The molecule has 4 rings (SSSR count). The summed E-state index contributed by atoms with van der Waals surface area (Å²) in [5.74, 6) is 0.946. The van der Waals surface area contributed by atoms with Crippen molar-refractivity contribution in [1.29, 1.82) is 0 Å². The van der Waals surface area contributed by atoms with Crippen LogP contribution in [-0.4, -0.2) is 26.1 Å². The van der Waals surface area contributed by atoms with E-state index in [2.05, 4.69) is 39.0 Å². The Morgan fingerprint density at radius 3 is 2.83 bits per heavy atom. The molecule has 6 heteroatoms. The van der Waals surface area contributed by atoms with Crippen molar-refractivity contribution in [1.82, 2.24) is 19.6 Å². The summed E-state index contributed by atoms with van der Waals surface area (Å²) in [6, 6.07) is 14.3. The van der Waals surface area contributed by atoms with E-state index >= 15 is 0 Å². The predicted molar refractivity (Wildman–Crippen MR) is 97.5 cm³/mol. The predicted octanol–water partition coefficient (Wildman–Crippen LogP) is 3.82. The van der Waals surface area contributed by atoms with Crippen LogP contribution in [0.25, 0.3) is 16.9 Å². The number of rotatable bonds is 5. The number of thiazole rings is 1. The molecule has 0 aliphatic rings. The molecule has 120 valence electrons. The maximum Gasteiger partial charge on any atom is 0.158 e. The Hall–Kier alpha value is -2.73. The lowest BCUT2D eigenvalue weighted by molar-refractivity contribution is 0.893. The molecule has 3 aromatic heterocycles. The molecule has 0 radical (unpaired) electrons. The molecular formula is C18H17N5S. The number of anilines is 1. The van der Waals surface area contributed by atoms with E-state index in [1.54, 1.807) is 11.3 Å². The minimum Gasteiger partial charge on any atom is -0.369 e. The number of benzene rings is 1. The Labute approximate surface area is 144 Å². The van der Waals surface area contributed by atoms with Gasteiger partial charge >= 0.3 is 0 Å². The zero-order chi connectivity index (χ0) is 16.4. The van der Waals surface area contributed by atoms with Gasteiger partial charge in [0.25, 0.3) is 0 Å². The van der Waals surface area contributed by atoms with Crippen LogP contribution in [-0.2, 0) is 6.42 Å². The first-order valence-corrected chi connectivity index (χ1v) is 8.78. The van der Waals surface area contributed by atoms with Crippen molar-refractivity contribution in [2.75, 3.05) is 11.9 Å². The van der Waals surface area contributed by atoms with Gasteiger partial charge in [0.2, 0.25) is 0 Å². The lowest BCUT2D eigenvalue weighted by Crippen LogP contribution is -2.10. The highest BCUT2D eigenvalue weighted by Crippen LogP contribution is 2.22. The fourth-order valence-electron chi connectivity index (χ4n) is 2.65. The van der Waals surface area contributed by atoms with Crippen molar-refractivity contribution < 1.29 is 0 Å². The standard InChI is InChI=1S/C18H17N5S/c1-13-9-18-21-16(14-5-3-2-4-6-14)10-17(23(18)22-13)19-8-7-15-11-24-12-20-15/h2-6,9-12,19H,7-8H2,1H3. The van der Waals surface area contributed by atoms with Gasteiger partial charge in [0.15, 0.2) is 5.65 Å². The van der Waals surface area contributed by atoms with Gasteiger partial charge in [0.1, 0.15) is 5.82 Å². The van der Waals surface area contributed by atoms with Crippen molar-refractivity contribution in [3.8, 4) is 11.3 Å². The molecule has 4 aromatic rings. The number of aromatic nitrogens is 4. The SMILES string of the molecule is Cc1cc2nc(-c3ccccc3)cc(NCCc3cscn3)n2n1. The van der Waals surface area contributed by atoms with Crippen molar-refractivity contribution >= 4 is 22.8 Å². The number of hydrogen-bond donors (Lipinski definition) is 1. The third-order valence-electron chi connectivity index (χ3n) is 3.79. The van der Waals surface area contributed by atoms with Gasteiger partial charge in [0, 0.05) is 36.0 Å². The lowest BCUT2D eigenvalue weighted by atomic mass is 10.1. The first kappa shape index (κ1) is 14.8. The molecule has 0 amide bonds. The van der Waals surface area contributed by atoms with Crippen molar-refractivity contribution in [2.45, 2.75) is 13.3 Å². The van der Waals surface area contributed by atoms with Gasteiger partial charge in [-0.1, -0.05) is 30.3 Å². The molecule has 0 saturated heterocycles. The molecule has 0 fully saturated rings. The van der Waals surface area contributed by atoms with E-state index in [0.717, 1.165) is 47.1 Å². The van der Waals surface area contributed by atoms with Gasteiger partial charge in [-0.15, -0.1) is 11.3 Å². The van der Waals surface area contributed by atoms with Crippen molar-refractivity contribution in [2.24, 2.45) is 0 Å². The Morgan fingerprint density at radius 1 is 1.17 bits per heavy atom. The van der Waals surface area contributed by atoms with Crippen LogP contribution in [0.15, 0.2) is 53.4 Å². The molecule has 0 aliphatic carbocycles. The third-order valence-corrected chi connectivity index (χ3v) is 4.42.